The van der Waals surface area contributed by atoms with Crippen molar-refractivity contribution in [3.63, 3.8) is 0 Å². The van der Waals surface area contributed by atoms with Crippen molar-refractivity contribution in [3.8, 4) is 0 Å². The summed E-state index contributed by atoms with van der Waals surface area (Å²) in [5, 5.41) is 0.0340. The summed E-state index contributed by atoms with van der Waals surface area (Å²) in [6.07, 6.45) is 0. The zero-order chi connectivity index (χ0) is 20.9. The second kappa shape index (κ2) is 9.69. The Hall–Kier alpha value is -1.97. The maximum atomic E-state index is 12.8. The normalized spacial score (nSPS) is 15.2. The second-order valence-corrected chi connectivity index (χ2v) is 8.76. The number of morpholine rings is 1. The number of carbonyl (C=O) groups is 1. The first-order valence-electron chi connectivity index (χ1n) is 9.15. The third-order valence-corrected chi connectivity index (χ3v) is 6.59. The van der Waals surface area contributed by atoms with Crippen molar-refractivity contribution in [2.24, 2.45) is 0 Å². The molecule has 0 saturated carbocycles. The minimum atomic E-state index is -3.93. The van der Waals surface area contributed by atoms with Crippen molar-refractivity contribution in [1.82, 2.24) is 9.62 Å². The van der Waals surface area contributed by atoms with Gasteiger partial charge >= 0.3 is 5.97 Å². The molecule has 0 unspecified atom stereocenters. The van der Waals surface area contributed by atoms with Crippen LogP contribution in [-0.4, -0.2) is 52.7 Å². The minimum Gasteiger partial charge on any atom is -0.465 e. The largest absolute Gasteiger partial charge is 0.465 e. The Balaban J connectivity index is 1.76. The third-order valence-electron chi connectivity index (χ3n) is 4.71. The topological polar surface area (TPSA) is 84.9 Å². The predicted octanol–water partition coefficient (Wildman–Crippen LogP) is 2.44. The van der Waals surface area contributed by atoms with Crippen molar-refractivity contribution in [3.05, 3.63) is 64.2 Å². The quantitative estimate of drug-likeness (QED) is 0.668. The number of ether oxygens (including phenoxy) is 2. The van der Waals surface area contributed by atoms with Crippen LogP contribution in [0.2, 0.25) is 5.02 Å². The van der Waals surface area contributed by atoms with Crippen LogP contribution >= 0.6 is 11.6 Å². The van der Waals surface area contributed by atoms with E-state index in [1.165, 1.54) is 25.3 Å². The van der Waals surface area contributed by atoms with Crippen LogP contribution in [0.15, 0.2) is 47.4 Å². The minimum absolute atomic E-state index is 0.0340. The van der Waals surface area contributed by atoms with E-state index in [4.69, 9.17) is 16.3 Å². The highest BCUT2D eigenvalue weighted by Crippen LogP contribution is 2.23. The fourth-order valence-corrected chi connectivity index (χ4v) is 4.62. The van der Waals surface area contributed by atoms with Crippen molar-refractivity contribution in [2.75, 3.05) is 33.4 Å². The maximum absolute atomic E-state index is 12.8. The molecule has 2 aromatic carbocycles. The van der Waals surface area contributed by atoms with E-state index in [1.807, 2.05) is 24.3 Å². The number of methoxy groups -OCH3 is 1. The molecule has 1 N–H and O–H groups in total. The Morgan fingerprint density at radius 1 is 1.17 bits per heavy atom. The van der Waals surface area contributed by atoms with Gasteiger partial charge in [0.2, 0.25) is 10.0 Å². The van der Waals surface area contributed by atoms with Crippen molar-refractivity contribution >= 4 is 27.6 Å². The Kier molecular flexibility index (Phi) is 7.26. The van der Waals surface area contributed by atoms with Crippen LogP contribution < -0.4 is 4.72 Å². The van der Waals surface area contributed by atoms with Gasteiger partial charge in [-0.15, -0.1) is 0 Å². The number of carbonyl (C=O) groups excluding carboxylic acids is 1. The molecule has 0 amide bonds. The van der Waals surface area contributed by atoms with Gasteiger partial charge in [-0.2, -0.15) is 0 Å². The molecule has 0 aliphatic carbocycles. The number of esters is 1. The molecule has 0 spiro atoms. The third kappa shape index (κ3) is 5.55. The lowest BCUT2D eigenvalue weighted by molar-refractivity contribution is 0.0341. The summed E-state index contributed by atoms with van der Waals surface area (Å²) in [5.74, 6) is -0.631. The lowest BCUT2D eigenvalue weighted by Crippen LogP contribution is -2.36. The van der Waals surface area contributed by atoms with Crippen LogP contribution in [0, 0.1) is 0 Å². The van der Waals surface area contributed by atoms with Gasteiger partial charge < -0.3 is 9.47 Å². The van der Waals surface area contributed by atoms with E-state index in [-0.39, 0.29) is 22.0 Å². The zero-order valence-electron chi connectivity index (χ0n) is 16.1. The highest BCUT2D eigenvalue weighted by atomic mass is 35.5. The first kappa shape index (κ1) is 21.7. The van der Waals surface area contributed by atoms with Crippen LogP contribution in [0.4, 0.5) is 0 Å². The van der Waals surface area contributed by atoms with Crippen LogP contribution in [0.25, 0.3) is 0 Å². The average molecular weight is 439 g/mol. The monoisotopic (exact) mass is 438 g/mol. The SMILES string of the molecule is COC(=O)c1ccc(Cl)c(S(=O)(=O)NCc2ccccc2CN2CCOCC2)c1. The highest BCUT2D eigenvalue weighted by Gasteiger charge is 2.21. The number of nitrogens with one attached hydrogen (secondary N) is 1. The van der Waals surface area contributed by atoms with Gasteiger partial charge in [-0.05, 0) is 29.3 Å². The van der Waals surface area contributed by atoms with Crippen molar-refractivity contribution in [2.45, 2.75) is 18.0 Å². The van der Waals surface area contributed by atoms with Gasteiger partial charge in [-0.1, -0.05) is 35.9 Å². The number of sulfonamides is 1. The van der Waals surface area contributed by atoms with Crippen LogP contribution in [0.3, 0.4) is 0 Å². The molecule has 2 aromatic rings. The summed E-state index contributed by atoms with van der Waals surface area (Å²) < 4.78 is 38.2. The van der Waals surface area contributed by atoms with Gasteiger partial charge in [0.25, 0.3) is 0 Å². The smallest absolute Gasteiger partial charge is 0.337 e. The number of rotatable bonds is 7. The van der Waals surface area contributed by atoms with E-state index in [2.05, 4.69) is 14.4 Å². The molecular weight excluding hydrogens is 416 g/mol. The predicted molar refractivity (Wildman–Crippen MR) is 109 cm³/mol. The summed E-state index contributed by atoms with van der Waals surface area (Å²) >= 11 is 6.08. The molecule has 1 heterocycles. The molecule has 1 saturated heterocycles. The number of hydrogen-bond donors (Lipinski definition) is 1. The molecule has 1 aliphatic heterocycles. The first-order valence-corrected chi connectivity index (χ1v) is 11.0. The second-order valence-electron chi connectivity index (χ2n) is 6.62. The van der Waals surface area contributed by atoms with Gasteiger partial charge in [-0.3, -0.25) is 4.90 Å². The van der Waals surface area contributed by atoms with Crippen molar-refractivity contribution < 1.29 is 22.7 Å². The molecule has 0 radical (unpaired) electrons. The van der Waals surface area contributed by atoms with E-state index in [0.717, 1.165) is 30.8 Å². The number of halogens is 1. The van der Waals surface area contributed by atoms with E-state index in [9.17, 15) is 13.2 Å². The molecule has 29 heavy (non-hydrogen) atoms. The molecule has 0 atom stereocenters. The Morgan fingerprint density at radius 3 is 2.55 bits per heavy atom. The molecule has 3 rings (SSSR count). The standard InChI is InChI=1S/C20H23ClN2O5S/c1-27-20(24)15-6-7-18(21)19(12-15)29(25,26)22-13-16-4-2-3-5-17(16)14-23-8-10-28-11-9-23/h2-7,12,22H,8-11,13-14H2,1H3. The summed E-state index contributed by atoms with van der Waals surface area (Å²) in [6.45, 7) is 3.92. The Morgan fingerprint density at radius 2 is 1.86 bits per heavy atom. The summed E-state index contributed by atoms with van der Waals surface area (Å²) in [7, 11) is -2.70. The van der Waals surface area contributed by atoms with Gasteiger partial charge in [0.15, 0.2) is 0 Å². The lowest BCUT2D eigenvalue weighted by Gasteiger charge is -2.27. The number of hydrogen-bond acceptors (Lipinski definition) is 6. The van der Waals surface area contributed by atoms with E-state index in [0.29, 0.717) is 13.2 Å². The van der Waals surface area contributed by atoms with Gasteiger partial charge in [0.1, 0.15) is 4.90 Å². The van der Waals surface area contributed by atoms with Crippen LogP contribution in [0.1, 0.15) is 21.5 Å². The van der Waals surface area contributed by atoms with E-state index < -0.39 is 16.0 Å². The van der Waals surface area contributed by atoms with Gasteiger partial charge in [0.05, 0.1) is 30.9 Å². The number of nitrogens with zero attached hydrogens (tertiary/aromatic N) is 1. The Labute approximate surface area is 175 Å². The molecule has 9 heteroatoms. The van der Waals surface area contributed by atoms with E-state index in [1.54, 1.807) is 0 Å². The molecular formula is C20H23ClN2O5S. The maximum Gasteiger partial charge on any atom is 0.337 e. The fraction of sp³-hybridized carbons (Fsp3) is 0.350. The summed E-state index contributed by atoms with van der Waals surface area (Å²) in [5.41, 5.74) is 2.04. The molecule has 1 aliphatic rings. The Bertz CT molecular complexity index is 975. The molecule has 7 nitrogen and oxygen atoms in total. The van der Waals surface area contributed by atoms with E-state index >= 15 is 0 Å². The van der Waals surface area contributed by atoms with Crippen LogP contribution in [-0.2, 0) is 32.6 Å². The van der Waals surface area contributed by atoms with Gasteiger partial charge in [0, 0.05) is 26.2 Å². The first-order chi connectivity index (χ1) is 13.9. The van der Waals surface area contributed by atoms with Crippen molar-refractivity contribution in [1.29, 1.82) is 0 Å². The molecule has 0 aromatic heterocycles. The summed E-state index contributed by atoms with van der Waals surface area (Å²) in [4.78, 5) is 13.8. The zero-order valence-corrected chi connectivity index (χ0v) is 17.6. The molecule has 0 bridgehead atoms. The fourth-order valence-electron chi connectivity index (χ4n) is 3.09. The van der Waals surface area contributed by atoms with Gasteiger partial charge in [-0.25, -0.2) is 17.9 Å². The average Bonchev–Trinajstić information content (AvgIpc) is 2.73. The number of benzene rings is 2. The highest BCUT2D eigenvalue weighted by molar-refractivity contribution is 7.89. The lowest BCUT2D eigenvalue weighted by atomic mass is 10.1. The van der Waals surface area contributed by atoms with Crippen LogP contribution in [0.5, 0.6) is 0 Å². The molecule has 1 fully saturated rings. The molecule has 156 valence electrons. The summed E-state index contributed by atoms with van der Waals surface area (Å²) in [6, 6.07) is 11.7.